The summed E-state index contributed by atoms with van der Waals surface area (Å²) in [4.78, 5) is 2.43. The maximum atomic E-state index is 6.76. The van der Waals surface area contributed by atoms with Gasteiger partial charge in [-0.3, -0.25) is 0 Å². The van der Waals surface area contributed by atoms with E-state index in [0.29, 0.717) is 0 Å². The van der Waals surface area contributed by atoms with E-state index in [-0.39, 0.29) is 0 Å². The minimum Gasteiger partial charge on any atom is -0.457 e. The molecule has 0 saturated carbocycles. The molecule has 250 valence electrons. The van der Waals surface area contributed by atoms with Crippen molar-refractivity contribution in [2.45, 2.75) is 33.1 Å². The van der Waals surface area contributed by atoms with E-state index in [1.807, 2.05) is 0 Å². The Morgan fingerprint density at radius 1 is 0.608 bits per heavy atom. The molecular formula is C48H43N2O+. The second-order valence-electron chi connectivity index (χ2n) is 13.8. The molecule has 0 aromatic heterocycles. The fourth-order valence-electron chi connectivity index (χ4n) is 8.96. The zero-order chi connectivity index (χ0) is 34.7. The number of nitrogens with zero attached hydrogens (tertiary/aromatic N) is 2. The first-order valence-electron chi connectivity index (χ1n) is 18.5. The summed E-state index contributed by atoms with van der Waals surface area (Å²) >= 11 is 0. The first-order chi connectivity index (χ1) is 25.1. The van der Waals surface area contributed by atoms with Crippen LogP contribution in [-0.2, 0) is 5.41 Å². The van der Waals surface area contributed by atoms with Gasteiger partial charge in [0.2, 0.25) is 0 Å². The van der Waals surface area contributed by atoms with Crippen molar-refractivity contribution >= 4 is 39.9 Å². The molecule has 0 unspecified atom stereocenters. The lowest BCUT2D eigenvalue weighted by molar-refractivity contribution is -0.518. The fraction of sp³-hybridized carbons (Fsp3) is 0.188. The van der Waals surface area contributed by atoms with Crippen LogP contribution >= 0.6 is 0 Å². The predicted octanol–water partition coefficient (Wildman–Crippen LogP) is 9.04. The molecule has 3 nitrogen and oxygen atoms in total. The first-order valence-corrected chi connectivity index (χ1v) is 18.5. The van der Waals surface area contributed by atoms with Crippen LogP contribution in [0.15, 0.2) is 127 Å². The molecule has 0 saturated heterocycles. The van der Waals surface area contributed by atoms with Gasteiger partial charge in [-0.1, -0.05) is 72.8 Å². The van der Waals surface area contributed by atoms with Crippen LogP contribution in [0, 0.1) is 0 Å². The number of allylic oxidation sites excluding steroid dienone is 1. The average molecular weight is 664 g/mol. The molecule has 1 aliphatic heterocycles. The molecule has 0 atom stereocenters. The average Bonchev–Trinajstić information content (AvgIpc) is 3.18. The van der Waals surface area contributed by atoms with Crippen molar-refractivity contribution in [3.8, 4) is 11.5 Å². The van der Waals surface area contributed by atoms with Gasteiger partial charge in [-0.2, -0.15) is 0 Å². The van der Waals surface area contributed by atoms with Crippen molar-refractivity contribution in [2.24, 2.45) is 0 Å². The van der Waals surface area contributed by atoms with Crippen molar-refractivity contribution in [1.82, 2.24) is 0 Å². The summed E-state index contributed by atoms with van der Waals surface area (Å²) in [5.41, 5.74) is 11.8. The third-order valence-electron chi connectivity index (χ3n) is 11.4. The van der Waals surface area contributed by atoms with Crippen LogP contribution in [0.4, 0.5) is 5.69 Å². The molecule has 0 bridgehead atoms. The number of para-hydroxylation sites is 2. The van der Waals surface area contributed by atoms with Gasteiger partial charge in [0, 0.05) is 42.1 Å². The highest BCUT2D eigenvalue weighted by Crippen LogP contribution is 2.57. The molecule has 1 spiro atoms. The van der Waals surface area contributed by atoms with Gasteiger partial charge in [0.1, 0.15) is 24.6 Å². The summed E-state index contributed by atoms with van der Waals surface area (Å²) in [5, 5.41) is 5.01. The third kappa shape index (κ3) is 4.68. The first kappa shape index (κ1) is 31.3. The van der Waals surface area contributed by atoms with Crippen LogP contribution in [0.5, 0.6) is 11.5 Å². The van der Waals surface area contributed by atoms with E-state index >= 15 is 0 Å². The second-order valence-corrected chi connectivity index (χ2v) is 13.8. The SMILES string of the molecule is CCN(CC)c1ccc2cc3c(cc2c1)C1(c2ccccc2Oc2ccccc21)c1cc2c(cc1=C3c1ccccc1)C=CC(=[N+](CC)CC)C=2. The van der Waals surface area contributed by atoms with Crippen molar-refractivity contribution < 1.29 is 9.31 Å². The molecule has 6 aromatic rings. The lowest BCUT2D eigenvalue weighted by Crippen LogP contribution is -2.44. The highest BCUT2D eigenvalue weighted by molar-refractivity contribution is 6.17. The Morgan fingerprint density at radius 3 is 1.98 bits per heavy atom. The van der Waals surface area contributed by atoms with E-state index in [0.717, 1.165) is 37.7 Å². The molecule has 0 fully saturated rings. The van der Waals surface area contributed by atoms with E-state index in [2.05, 4.69) is 177 Å². The number of rotatable bonds is 6. The van der Waals surface area contributed by atoms with Gasteiger partial charge in [-0.05, 0) is 137 Å². The van der Waals surface area contributed by atoms with Gasteiger partial charge in [-0.25, -0.2) is 4.58 Å². The fourth-order valence-corrected chi connectivity index (χ4v) is 8.96. The summed E-state index contributed by atoms with van der Waals surface area (Å²) in [7, 11) is 0. The Morgan fingerprint density at radius 2 is 1.29 bits per heavy atom. The molecule has 0 N–H and O–H groups in total. The molecule has 0 amide bonds. The second kappa shape index (κ2) is 12.3. The monoisotopic (exact) mass is 663 g/mol. The standard InChI is InChI=1S/C48H43N2O/c1-5-49(6-2)37-24-22-33-28-39-43(30-35(33)26-37)48(41-18-12-14-20-45(41)51-46-21-15-13-19-42(46)48)44-31-36-27-38(50(7-3)8-4)25-23-34(36)29-40(44)47(39)32-16-10-9-11-17-32/h9-31H,5-8H2,1-4H3/q+1. The smallest absolute Gasteiger partial charge is 0.200 e. The molecule has 9 rings (SSSR count). The highest BCUT2D eigenvalue weighted by atomic mass is 16.5. The van der Waals surface area contributed by atoms with Crippen molar-refractivity contribution in [3.05, 3.63) is 177 Å². The maximum Gasteiger partial charge on any atom is 0.200 e. The zero-order valence-corrected chi connectivity index (χ0v) is 29.9. The van der Waals surface area contributed by atoms with Crippen molar-refractivity contribution in [3.63, 3.8) is 0 Å². The Balaban J connectivity index is 1.51. The minimum absolute atomic E-state index is 0.618. The van der Waals surface area contributed by atoms with Crippen LogP contribution in [0.3, 0.4) is 0 Å². The summed E-state index contributed by atoms with van der Waals surface area (Å²) in [6.07, 6.45) is 6.99. The van der Waals surface area contributed by atoms with Crippen molar-refractivity contribution in [2.75, 3.05) is 31.1 Å². The third-order valence-corrected chi connectivity index (χ3v) is 11.4. The Bertz CT molecular complexity index is 2500. The molecular weight excluding hydrogens is 621 g/mol. The number of anilines is 1. The molecule has 6 aromatic carbocycles. The molecule has 2 aliphatic carbocycles. The van der Waals surface area contributed by atoms with Gasteiger partial charge in [0.05, 0.1) is 5.41 Å². The maximum absolute atomic E-state index is 6.76. The van der Waals surface area contributed by atoms with Gasteiger partial charge in [0.15, 0.2) is 5.71 Å². The molecule has 51 heavy (non-hydrogen) atoms. The number of hydrogen-bond acceptors (Lipinski definition) is 2. The van der Waals surface area contributed by atoms with Crippen LogP contribution < -0.4 is 20.1 Å². The van der Waals surface area contributed by atoms with Crippen LogP contribution in [0.25, 0.3) is 28.5 Å². The summed E-state index contributed by atoms with van der Waals surface area (Å²) < 4.78 is 9.20. The minimum atomic E-state index is -0.618. The van der Waals surface area contributed by atoms with Gasteiger partial charge in [-0.15, -0.1) is 0 Å². The number of benzene rings is 6. The molecule has 3 aliphatic rings. The summed E-state index contributed by atoms with van der Waals surface area (Å²) in [6.45, 7) is 12.8. The Labute approximate surface area is 300 Å². The largest absolute Gasteiger partial charge is 0.457 e. The number of ether oxygens (including phenoxy) is 1. The zero-order valence-electron chi connectivity index (χ0n) is 29.9. The van der Waals surface area contributed by atoms with Crippen molar-refractivity contribution in [1.29, 1.82) is 0 Å². The van der Waals surface area contributed by atoms with E-state index in [9.17, 15) is 0 Å². The van der Waals surface area contributed by atoms with Gasteiger partial charge < -0.3 is 9.64 Å². The van der Waals surface area contributed by atoms with Crippen LogP contribution in [0.2, 0.25) is 0 Å². The molecule has 3 heteroatoms. The normalized spacial score (nSPS) is 14.5. The van der Waals surface area contributed by atoms with E-state index in [1.165, 1.54) is 77.1 Å². The van der Waals surface area contributed by atoms with E-state index in [4.69, 9.17) is 4.74 Å². The van der Waals surface area contributed by atoms with E-state index in [1.54, 1.807) is 0 Å². The van der Waals surface area contributed by atoms with Crippen LogP contribution in [-0.4, -0.2) is 36.5 Å². The highest BCUT2D eigenvalue weighted by Gasteiger charge is 2.49. The Hall–Kier alpha value is -5.67. The molecule has 0 radical (unpaired) electrons. The topological polar surface area (TPSA) is 15.5 Å². The summed E-state index contributed by atoms with van der Waals surface area (Å²) in [6, 6.07) is 45.3. The van der Waals surface area contributed by atoms with Gasteiger partial charge in [0.25, 0.3) is 0 Å². The lowest BCUT2D eigenvalue weighted by Gasteiger charge is -2.45. The predicted molar refractivity (Wildman–Crippen MR) is 213 cm³/mol. The van der Waals surface area contributed by atoms with Crippen LogP contribution in [0.1, 0.15) is 66.6 Å². The lowest BCUT2D eigenvalue weighted by atomic mass is 9.58. The van der Waals surface area contributed by atoms with Gasteiger partial charge >= 0.3 is 0 Å². The quantitative estimate of drug-likeness (QED) is 0.165. The van der Waals surface area contributed by atoms with E-state index < -0.39 is 5.41 Å². The molecule has 1 heterocycles. The summed E-state index contributed by atoms with van der Waals surface area (Å²) in [5.74, 6) is 1.82. The number of hydrogen-bond donors (Lipinski definition) is 0. The number of fused-ring (bicyclic) bond motifs is 10. The Kier molecular flexibility index (Phi) is 7.54.